The van der Waals surface area contributed by atoms with Crippen LogP contribution < -0.4 is 11.2 Å². The van der Waals surface area contributed by atoms with Crippen LogP contribution in [0.4, 0.5) is 13.2 Å². The van der Waals surface area contributed by atoms with E-state index in [4.69, 9.17) is 10.6 Å². The first-order valence-electron chi connectivity index (χ1n) is 11.5. The van der Waals surface area contributed by atoms with E-state index in [1.807, 2.05) is 0 Å². The Morgan fingerprint density at radius 2 is 1.81 bits per heavy atom. The first kappa shape index (κ1) is 26.5. The molecular formula is C24H24F3N3O7. The molecule has 1 aromatic rings. The van der Waals surface area contributed by atoms with Gasteiger partial charge in [-0.3, -0.25) is 14.5 Å². The molecule has 0 aromatic heterocycles. The number of esters is 1. The minimum atomic E-state index is -5.31. The third kappa shape index (κ3) is 5.29. The van der Waals surface area contributed by atoms with Crippen LogP contribution in [-0.2, 0) is 24.1 Å². The van der Waals surface area contributed by atoms with Crippen molar-refractivity contribution in [1.29, 1.82) is 0 Å². The molecule has 37 heavy (non-hydrogen) atoms. The number of nitrogens with one attached hydrogen (secondary N) is 1. The smallest absolute Gasteiger partial charge is 0.418 e. The molecule has 0 radical (unpaired) electrons. The van der Waals surface area contributed by atoms with E-state index in [0.717, 1.165) is 6.08 Å². The van der Waals surface area contributed by atoms with Gasteiger partial charge in [-0.25, -0.2) is 14.6 Å². The molecule has 3 N–H and O–H groups in total. The molecule has 1 heterocycles. The summed E-state index contributed by atoms with van der Waals surface area (Å²) in [6.07, 6.45) is -2.07. The van der Waals surface area contributed by atoms with Crippen LogP contribution in [0.5, 0.6) is 0 Å². The van der Waals surface area contributed by atoms with Crippen molar-refractivity contribution < 1.29 is 46.9 Å². The van der Waals surface area contributed by atoms with Gasteiger partial charge in [0.15, 0.2) is 17.3 Å². The third-order valence-corrected chi connectivity index (χ3v) is 6.43. The second kappa shape index (κ2) is 10.4. The summed E-state index contributed by atoms with van der Waals surface area (Å²) in [5.41, 5.74) is 8.94. The zero-order chi connectivity index (χ0) is 26.9. The van der Waals surface area contributed by atoms with Crippen LogP contribution in [0.1, 0.15) is 40.5 Å². The van der Waals surface area contributed by atoms with Crippen LogP contribution in [0, 0.1) is 11.8 Å². The normalized spacial score (nSPS) is 27.2. The molecule has 0 saturated carbocycles. The van der Waals surface area contributed by atoms with Gasteiger partial charge in [0.05, 0.1) is 30.2 Å². The maximum absolute atomic E-state index is 13.5. The van der Waals surface area contributed by atoms with E-state index in [1.54, 1.807) is 19.1 Å². The van der Waals surface area contributed by atoms with Gasteiger partial charge in [0, 0.05) is 17.7 Å². The Kier molecular flexibility index (Phi) is 7.48. The van der Waals surface area contributed by atoms with E-state index in [0.29, 0.717) is 12.8 Å². The first-order chi connectivity index (χ1) is 17.5. The minimum absolute atomic E-state index is 0.0923. The number of alkyl halides is 3. The highest BCUT2D eigenvalue weighted by molar-refractivity contribution is 6.17. The largest absolute Gasteiger partial charge is 0.491 e. The van der Waals surface area contributed by atoms with Crippen LogP contribution in [-0.4, -0.2) is 59.9 Å². The molecule has 2 aliphatic carbocycles. The number of hydrogen-bond acceptors (Lipinski definition) is 10. The van der Waals surface area contributed by atoms with Gasteiger partial charge >= 0.3 is 18.1 Å². The van der Waals surface area contributed by atoms with Crippen molar-refractivity contribution in [2.45, 2.75) is 38.0 Å². The average molecular weight is 523 g/mol. The van der Waals surface area contributed by atoms with Crippen LogP contribution in [0.25, 0.3) is 0 Å². The molecule has 1 fully saturated rings. The van der Waals surface area contributed by atoms with Gasteiger partial charge in [0.2, 0.25) is 0 Å². The SMILES string of the molecule is CC1C(N)C(=O)OOCCCCN1NC1=C(OC(=O)C(F)(F)F)C=CC2C(=O)c3ccccc3C(=O)C12. The van der Waals surface area contributed by atoms with Crippen LogP contribution in [0.3, 0.4) is 0 Å². The lowest BCUT2D eigenvalue weighted by Crippen LogP contribution is -2.57. The molecule has 4 rings (SSSR count). The fourth-order valence-corrected chi connectivity index (χ4v) is 4.39. The van der Waals surface area contributed by atoms with E-state index in [9.17, 15) is 32.3 Å². The van der Waals surface area contributed by atoms with Crippen molar-refractivity contribution in [3.63, 3.8) is 0 Å². The highest BCUT2D eigenvalue weighted by Crippen LogP contribution is 2.39. The Morgan fingerprint density at radius 3 is 2.49 bits per heavy atom. The van der Waals surface area contributed by atoms with Crippen molar-refractivity contribution in [3.05, 3.63) is 59.0 Å². The molecule has 1 aliphatic heterocycles. The van der Waals surface area contributed by atoms with Crippen molar-refractivity contribution in [2.75, 3.05) is 13.2 Å². The van der Waals surface area contributed by atoms with Gasteiger partial charge in [-0.05, 0) is 25.8 Å². The summed E-state index contributed by atoms with van der Waals surface area (Å²) in [6.45, 7) is 1.87. The number of rotatable bonds is 3. The monoisotopic (exact) mass is 523 g/mol. The maximum atomic E-state index is 13.5. The topological polar surface area (TPSA) is 137 Å². The number of carbonyl (C=O) groups excluding carboxylic acids is 4. The molecular weight excluding hydrogens is 499 g/mol. The van der Waals surface area contributed by atoms with Crippen molar-refractivity contribution in [1.82, 2.24) is 10.4 Å². The molecule has 10 nitrogen and oxygen atoms in total. The number of halogens is 3. The quantitative estimate of drug-likeness (QED) is 0.447. The zero-order valence-corrected chi connectivity index (χ0v) is 19.6. The van der Waals surface area contributed by atoms with Gasteiger partial charge in [0.25, 0.3) is 0 Å². The van der Waals surface area contributed by atoms with Gasteiger partial charge in [-0.15, -0.1) is 0 Å². The number of ether oxygens (including phenoxy) is 1. The molecule has 3 aliphatic rings. The summed E-state index contributed by atoms with van der Waals surface area (Å²) >= 11 is 0. The van der Waals surface area contributed by atoms with Crippen molar-refractivity contribution >= 4 is 23.5 Å². The molecule has 4 atom stereocenters. The Balaban J connectivity index is 1.77. The van der Waals surface area contributed by atoms with Crippen molar-refractivity contribution in [3.8, 4) is 0 Å². The summed E-state index contributed by atoms with van der Waals surface area (Å²) in [6, 6.07) is 4.04. The Labute approximate surface area is 209 Å². The highest BCUT2D eigenvalue weighted by Gasteiger charge is 2.48. The number of hydrazine groups is 1. The maximum Gasteiger partial charge on any atom is 0.491 e. The molecule has 0 amide bonds. The van der Waals surface area contributed by atoms with E-state index in [1.165, 1.54) is 23.2 Å². The molecule has 4 unspecified atom stereocenters. The number of allylic oxidation sites excluding steroid dienone is 3. The molecule has 1 saturated heterocycles. The number of benzene rings is 1. The number of nitrogens with zero attached hydrogens (tertiary/aromatic N) is 1. The fourth-order valence-electron chi connectivity index (χ4n) is 4.39. The van der Waals surface area contributed by atoms with Gasteiger partial charge in [0.1, 0.15) is 6.04 Å². The number of Topliss-reactive ketones (excluding diaryl/α,β-unsaturated/α-hetero) is 2. The summed E-state index contributed by atoms with van der Waals surface area (Å²) in [7, 11) is 0. The zero-order valence-electron chi connectivity index (χ0n) is 19.6. The fraction of sp³-hybridized carbons (Fsp3) is 0.417. The summed E-state index contributed by atoms with van der Waals surface area (Å²) in [4.78, 5) is 60.2. The molecule has 13 heteroatoms. The second-order valence-corrected chi connectivity index (χ2v) is 8.80. The molecule has 0 bridgehead atoms. The van der Waals surface area contributed by atoms with Crippen LogP contribution in [0.2, 0.25) is 0 Å². The van der Waals surface area contributed by atoms with Crippen LogP contribution >= 0.6 is 0 Å². The van der Waals surface area contributed by atoms with Gasteiger partial charge in [-0.2, -0.15) is 18.1 Å². The summed E-state index contributed by atoms with van der Waals surface area (Å²) in [5.74, 6) is -7.27. The predicted octanol–water partition coefficient (Wildman–Crippen LogP) is 1.98. The van der Waals surface area contributed by atoms with E-state index < -0.39 is 59.4 Å². The van der Waals surface area contributed by atoms with E-state index in [2.05, 4.69) is 15.1 Å². The average Bonchev–Trinajstić information content (AvgIpc) is 2.87. The molecule has 0 spiro atoms. The van der Waals surface area contributed by atoms with Crippen LogP contribution in [0.15, 0.2) is 47.9 Å². The Morgan fingerprint density at radius 1 is 1.14 bits per heavy atom. The second-order valence-electron chi connectivity index (χ2n) is 8.80. The summed E-state index contributed by atoms with van der Waals surface area (Å²) < 4.78 is 43.8. The molecule has 198 valence electrons. The number of ketones is 2. The van der Waals surface area contributed by atoms with E-state index >= 15 is 0 Å². The van der Waals surface area contributed by atoms with Gasteiger partial charge in [-0.1, -0.05) is 30.3 Å². The Hall–Kier alpha value is -3.55. The standard InChI is InChI=1S/C24H24F3N3O7/c1-12-18(28)22(33)37-35-11-5-4-10-30(12)29-19-16(36-23(34)24(25,26)27)9-8-15-17(19)21(32)14-7-3-2-6-13(14)20(15)31/h2-3,6-9,12,15,17-18,29H,4-5,10-11,28H2,1H3. The van der Waals surface area contributed by atoms with Gasteiger partial charge < -0.3 is 15.9 Å². The lowest BCUT2D eigenvalue weighted by Gasteiger charge is -2.39. The number of carbonyl (C=O) groups is 4. The highest BCUT2D eigenvalue weighted by atomic mass is 19.4. The molecule has 1 aromatic carbocycles. The first-order valence-corrected chi connectivity index (χ1v) is 11.5. The van der Waals surface area contributed by atoms with Crippen molar-refractivity contribution in [2.24, 2.45) is 17.6 Å². The lowest BCUT2D eigenvalue weighted by atomic mass is 9.70. The number of nitrogens with two attached hydrogens (primary N) is 1. The number of fused-ring (bicyclic) bond motifs is 2. The summed E-state index contributed by atoms with van der Waals surface area (Å²) in [5, 5.41) is 1.45. The predicted molar refractivity (Wildman–Crippen MR) is 119 cm³/mol. The number of hydrogen-bond donors (Lipinski definition) is 2. The lowest BCUT2D eigenvalue weighted by molar-refractivity contribution is -0.275. The van der Waals surface area contributed by atoms with E-state index in [-0.39, 0.29) is 30.0 Å². The Bertz CT molecular complexity index is 1180. The minimum Gasteiger partial charge on any atom is -0.418 e. The third-order valence-electron chi connectivity index (χ3n) is 6.43.